The Labute approximate surface area is 94.3 Å². The van der Waals surface area contributed by atoms with Gasteiger partial charge >= 0.3 is 5.97 Å². The molecular formula is C10H5ClFNO3. The fourth-order valence-corrected chi connectivity index (χ4v) is 1.31. The first-order valence-corrected chi connectivity index (χ1v) is 4.60. The van der Waals surface area contributed by atoms with Crippen molar-refractivity contribution in [1.82, 2.24) is 4.98 Å². The van der Waals surface area contributed by atoms with E-state index in [-0.39, 0.29) is 16.6 Å². The van der Waals surface area contributed by atoms with Crippen molar-refractivity contribution in [3.05, 3.63) is 41.0 Å². The Balaban J connectivity index is 2.42. The third-order valence-electron chi connectivity index (χ3n) is 1.89. The number of aromatic carboxylic acids is 1. The third kappa shape index (κ3) is 1.90. The number of aromatic nitrogens is 1. The molecule has 0 amide bonds. The Bertz CT molecular complexity index is 553. The fraction of sp³-hybridized carbons (Fsp3) is 0. The molecule has 2 rings (SSSR count). The van der Waals surface area contributed by atoms with Crippen molar-refractivity contribution in [2.24, 2.45) is 0 Å². The molecule has 0 unspecified atom stereocenters. The van der Waals surface area contributed by atoms with Gasteiger partial charge in [-0.05, 0) is 18.2 Å². The molecule has 6 heteroatoms. The van der Waals surface area contributed by atoms with Crippen molar-refractivity contribution in [2.75, 3.05) is 0 Å². The highest BCUT2D eigenvalue weighted by atomic mass is 35.5. The lowest BCUT2D eigenvalue weighted by molar-refractivity contribution is 0.0690. The van der Waals surface area contributed by atoms with E-state index in [1.807, 2.05) is 0 Å². The van der Waals surface area contributed by atoms with Crippen LogP contribution in [0.3, 0.4) is 0 Å². The summed E-state index contributed by atoms with van der Waals surface area (Å²) < 4.78 is 17.8. The van der Waals surface area contributed by atoms with Gasteiger partial charge in [0.25, 0.3) is 0 Å². The zero-order chi connectivity index (χ0) is 11.7. The molecule has 0 fully saturated rings. The molecule has 1 heterocycles. The molecule has 0 aliphatic carbocycles. The quantitative estimate of drug-likeness (QED) is 0.878. The SMILES string of the molecule is O=C(O)c1coc(-c2ccc(F)c(Cl)c2)n1. The lowest BCUT2D eigenvalue weighted by Gasteiger charge is -1.96. The molecule has 0 spiro atoms. The summed E-state index contributed by atoms with van der Waals surface area (Å²) in [6, 6.07) is 3.87. The van der Waals surface area contributed by atoms with E-state index in [9.17, 15) is 9.18 Å². The third-order valence-corrected chi connectivity index (χ3v) is 2.18. The van der Waals surface area contributed by atoms with Gasteiger partial charge in [-0.25, -0.2) is 14.2 Å². The number of hydrogen-bond acceptors (Lipinski definition) is 3. The normalized spacial score (nSPS) is 10.4. The van der Waals surface area contributed by atoms with Crippen LogP contribution in [0.4, 0.5) is 4.39 Å². The first kappa shape index (κ1) is 10.6. The van der Waals surface area contributed by atoms with E-state index in [0.717, 1.165) is 12.3 Å². The van der Waals surface area contributed by atoms with Crippen molar-refractivity contribution < 1.29 is 18.7 Å². The van der Waals surface area contributed by atoms with E-state index in [0.29, 0.717) is 5.56 Å². The predicted molar refractivity (Wildman–Crippen MR) is 53.9 cm³/mol. The number of rotatable bonds is 2. The molecule has 1 aromatic carbocycles. The standard InChI is InChI=1S/C10H5ClFNO3/c11-6-3-5(1-2-7(6)12)9-13-8(4-16-9)10(14)15/h1-4H,(H,14,15). The average molecular weight is 242 g/mol. The van der Waals surface area contributed by atoms with Crippen LogP contribution in [0.5, 0.6) is 0 Å². The molecule has 0 aliphatic heterocycles. The summed E-state index contributed by atoms with van der Waals surface area (Å²) in [5.74, 6) is -1.67. The van der Waals surface area contributed by atoms with E-state index in [1.54, 1.807) is 0 Å². The van der Waals surface area contributed by atoms with Gasteiger partial charge in [0, 0.05) is 5.56 Å². The summed E-state index contributed by atoms with van der Waals surface area (Å²) in [4.78, 5) is 14.3. The molecule has 0 bridgehead atoms. The van der Waals surface area contributed by atoms with Gasteiger partial charge in [-0.2, -0.15) is 0 Å². The monoisotopic (exact) mass is 241 g/mol. The minimum atomic E-state index is -1.19. The van der Waals surface area contributed by atoms with Crippen molar-refractivity contribution in [3.63, 3.8) is 0 Å². The van der Waals surface area contributed by atoms with E-state index < -0.39 is 11.8 Å². The molecule has 0 atom stereocenters. The molecule has 2 aromatic rings. The van der Waals surface area contributed by atoms with E-state index in [2.05, 4.69) is 4.98 Å². The van der Waals surface area contributed by atoms with Gasteiger partial charge in [-0.1, -0.05) is 11.6 Å². The molecule has 16 heavy (non-hydrogen) atoms. The number of halogens is 2. The minimum Gasteiger partial charge on any atom is -0.476 e. The maximum absolute atomic E-state index is 12.9. The Kier molecular flexibility index (Phi) is 2.62. The molecule has 4 nitrogen and oxygen atoms in total. The number of nitrogens with zero attached hydrogens (tertiary/aromatic N) is 1. The second-order valence-electron chi connectivity index (χ2n) is 2.97. The summed E-state index contributed by atoms with van der Waals surface area (Å²) in [6.07, 6.45) is 1.01. The minimum absolute atomic E-state index is 0.0763. The Morgan fingerprint density at radius 3 is 2.81 bits per heavy atom. The Hall–Kier alpha value is -1.88. The van der Waals surface area contributed by atoms with E-state index in [1.165, 1.54) is 12.1 Å². The van der Waals surface area contributed by atoms with Crippen molar-refractivity contribution in [1.29, 1.82) is 0 Å². The maximum Gasteiger partial charge on any atom is 0.357 e. The molecule has 0 saturated carbocycles. The van der Waals surface area contributed by atoms with Crippen LogP contribution >= 0.6 is 11.6 Å². The van der Waals surface area contributed by atoms with E-state index in [4.69, 9.17) is 21.1 Å². The zero-order valence-electron chi connectivity index (χ0n) is 7.78. The molecule has 0 saturated heterocycles. The number of oxazole rings is 1. The van der Waals surface area contributed by atoms with Gasteiger partial charge in [0.15, 0.2) is 5.69 Å². The van der Waals surface area contributed by atoms with Crippen LogP contribution in [-0.4, -0.2) is 16.1 Å². The number of carboxylic acid groups (broad SMARTS) is 1. The van der Waals surface area contributed by atoms with Crippen LogP contribution in [-0.2, 0) is 0 Å². The van der Waals surface area contributed by atoms with E-state index >= 15 is 0 Å². The van der Waals surface area contributed by atoms with Crippen molar-refractivity contribution in [2.45, 2.75) is 0 Å². The molecule has 1 aromatic heterocycles. The van der Waals surface area contributed by atoms with Gasteiger partial charge in [0.05, 0.1) is 5.02 Å². The Morgan fingerprint density at radius 1 is 1.50 bits per heavy atom. The molecule has 0 aliphatic rings. The largest absolute Gasteiger partial charge is 0.476 e. The highest BCUT2D eigenvalue weighted by Crippen LogP contribution is 2.24. The van der Waals surface area contributed by atoms with Gasteiger partial charge < -0.3 is 9.52 Å². The van der Waals surface area contributed by atoms with Crippen LogP contribution in [0.2, 0.25) is 5.02 Å². The Morgan fingerprint density at radius 2 is 2.25 bits per heavy atom. The van der Waals surface area contributed by atoms with Crippen LogP contribution in [0.1, 0.15) is 10.5 Å². The first-order valence-electron chi connectivity index (χ1n) is 4.22. The molecule has 1 N–H and O–H groups in total. The summed E-state index contributed by atoms with van der Waals surface area (Å²) in [6.45, 7) is 0. The van der Waals surface area contributed by atoms with Gasteiger partial charge in [0.2, 0.25) is 5.89 Å². The number of benzene rings is 1. The summed E-state index contributed by atoms with van der Waals surface area (Å²) >= 11 is 5.57. The number of carbonyl (C=O) groups is 1. The molecule has 82 valence electrons. The van der Waals surface area contributed by atoms with Crippen LogP contribution in [0.25, 0.3) is 11.5 Å². The van der Waals surface area contributed by atoms with Crippen molar-refractivity contribution in [3.8, 4) is 11.5 Å². The summed E-state index contributed by atoms with van der Waals surface area (Å²) in [5.41, 5.74) is 0.203. The van der Waals surface area contributed by atoms with Crippen molar-refractivity contribution >= 4 is 17.6 Å². The maximum atomic E-state index is 12.9. The lowest BCUT2D eigenvalue weighted by atomic mass is 10.2. The second-order valence-corrected chi connectivity index (χ2v) is 3.38. The van der Waals surface area contributed by atoms with Gasteiger partial charge in [0.1, 0.15) is 12.1 Å². The highest BCUT2D eigenvalue weighted by molar-refractivity contribution is 6.31. The lowest BCUT2D eigenvalue weighted by Crippen LogP contribution is -1.95. The van der Waals surface area contributed by atoms with Crippen LogP contribution < -0.4 is 0 Å². The first-order chi connectivity index (χ1) is 7.58. The second kappa shape index (κ2) is 3.94. The van der Waals surface area contributed by atoms with Gasteiger partial charge in [-0.15, -0.1) is 0 Å². The van der Waals surface area contributed by atoms with Gasteiger partial charge in [-0.3, -0.25) is 0 Å². The predicted octanol–water partition coefficient (Wildman–Crippen LogP) is 2.83. The van der Waals surface area contributed by atoms with Crippen LogP contribution in [0, 0.1) is 5.82 Å². The average Bonchev–Trinajstić information content (AvgIpc) is 2.71. The van der Waals surface area contributed by atoms with Crippen LogP contribution in [0.15, 0.2) is 28.9 Å². The highest BCUT2D eigenvalue weighted by Gasteiger charge is 2.12. The number of carboxylic acids is 1. The summed E-state index contributed by atoms with van der Waals surface area (Å²) in [5, 5.41) is 8.56. The fourth-order valence-electron chi connectivity index (χ4n) is 1.13. The smallest absolute Gasteiger partial charge is 0.357 e. The summed E-state index contributed by atoms with van der Waals surface area (Å²) in [7, 11) is 0. The zero-order valence-corrected chi connectivity index (χ0v) is 8.53. The molecule has 0 radical (unpaired) electrons. The topological polar surface area (TPSA) is 63.3 Å². The molecular weight excluding hydrogens is 237 g/mol. The number of hydrogen-bond donors (Lipinski definition) is 1.